The number of aromatic nitrogens is 1. The van der Waals surface area contributed by atoms with Crippen molar-refractivity contribution in [1.29, 1.82) is 0 Å². The molecular weight excluding hydrogens is 312 g/mol. The summed E-state index contributed by atoms with van der Waals surface area (Å²) in [6.45, 7) is 7.09. The van der Waals surface area contributed by atoms with Gasteiger partial charge >= 0.3 is 0 Å². The van der Waals surface area contributed by atoms with Crippen LogP contribution in [0.5, 0.6) is 5.88 Å². The Labute approximate surface area is 131 Å². The lowest BCUT2D eigenvalue weighted by molar-refractivity contribution is 0.293. The molecule has 3 N–H and O–H groups in total. The third-order valence-corrected chi connectivity index (χ3v) is 2.38. The Balaban J connectivity index is 0.000000690. The van der Waals surface area contributed by atoms with Crippen LogP contribution >= 0.6 is 0 Å². The number of nitrogens with zero attached hydrogens (tertiary/aromatic N) is 1. The van der Waals surface area contributed by atoms with Gasteiger partial charge in [-0.2, -0.15) is 4.21 Å². The fourth-order valence-electron chi connectivity index (χ4n) is 1.42. The van der Waals surface area contributed by atoms with Gasteiger partial charge in [0.15, 0.2) is 0 Å². The van der Waals surface area contributed by atoms with Crippen LogP contribution in [-0.2, 0) is 20.2 Å². The van der Waals surface area contributed by atoms with Crippen molar-refractivity contribution in [2.24, 2.45) is 0 Å². The van der Waals surface area contributed by atoms with E-state index in [1.54, 1.807) is 0 Å². The van der Waals surface area contributed by atoms with Crippen LogP contribution in [0.4, 0.5) is 0 Å². The van der Waals surface area contributed by atoms with E-state index in [1.807, 2.05) is 25.3 Å². The Hall–Kier alpha value is -0.800. The minimum Gasteiger partial charge on any atom is -0.478 e. The molecule has 8 heteroatoms. The normalized spacial score (nSPS) is 10.7. The lowest BCUT2D eigenvalue weighted by Crippen LogP contribution is -2.14. The average Bonchev–Trinajstić information content (AvgIpc) is 2.38. The van der Waals surface area contributed by atoms with Gasteiger partial charge in [0.2, 0.25) is 5.88 Å². The largest absolute Gasteiger partial charge is 0.478 e. The summed E-state index contributed by atoms with van der Waals surface area (Å²) < 4.78 is 29.5. The van der Waals surface area contributed by atoms with Gasteiger partial charge in [-0.05, 0) is 44.8 Å². The molecule has 0 aromatic carbocycles. The number of rotatable bonds is 8. The summed E-state index contributed by atoms with van der Waals surface area (Å²) >= 11 is 3.47. The molecule has 0 saturated heterocycles. The van der Waals surface area contributed by atoms with Gasteiger partial charge in [-0.25, -0.2) is 4.98 Å². The van der Waals surface area contributed by atoms with Crippen LogP contribution in [0.25, 0.3) is 0 Å². The predicted molar refractivity (Wildman–Crippen MR) is 87.6 cm³/mol. The van der Waals surface area contributed by atoms with E-state index in [-0.39, 0.29) is 0 Å². The molecule has 0 bridgehead atoms. The van der Waals surface area contributed by atoms with Gasteiger partial charge < -0.3 is 10.1 Å². The fourth-order valence-corrected chi connectivity index (χ4v) is 1.42. The molecule has 1 rings (SSSR count). The number of hydrogen-bond donors (Lipinski definition) is 3. The molecule has 0 amide bonds. The number of nitrogens with one attached hydrogen (secondary N) is 1. The molecule has 0 fully saturated rings. The summed E-state index contributed by atoms with van der Waals surface area (Å²) in [4.78, 5) is 4.19. The van der Waals surface area contributed by atoms with Crippen LogP contribution in [0.1, 0.15) is 31.7 Å². The number of aryl methyl sites for hydroxylation is 1. The van der Waals surface area contributed by atoms with E-state index in [9.17, 15) is 0 Å². The monoisotopic (exact) mass is 336 g/mol. The first-order valence-corrected chi connectivity index (χ1v) is 9.18. The van der Waals surface area contributed by atoms with Crippen molar-refractivity contribution in [2.75, 3.05) is 19.7 Å². The zero-order valence-corrected chi connectivity index (χ0v) is 14.1. The zero-order chi connectivity index (χ0) is 16.1. The van der Waals surface area contributed by atoms with E-state index in [0.29, 0.717) is 0 Å². The second-order valence-electron chi connectivity index (χ2n) is 4.38. The summed E-state index contributed by atoms with van der Waals surface area (Å²) in [5.41, 5.74) is 1.16. The quantitative estimate of drug-likeness (QED) is 0.627. The Morgan fingerprint density at radius 3 is 2.52 bits per heavy atom. The minimum absolute atomic E-state index is 0.734. The Morgan fingerprint density at radius 2 is 2.00 bits per heavy atom. The van der Waals surface area contributed by atoms with Crippen LogP contribution in [0.3, 0.4) is 0 Å². The van der Waals surface area contributed by atoms with Crippen molar-refractivity contribution in [2.45, 2.75) is 33.1 Å². The maximum Gasteiger partial charge on any atom is 0.263 e. The molecule has 0 unspecified atom stereocenters. The maximum absolute atomic E-state index is 9.11. The molecule has 122 valence electrons. The molecule has 0 atom stereocenters. The highest BCUT2D eigenvalue weighted by Crippen LogP contribution is 2.07. The van der Waals surface area contributed by atoms with Crippen LogP contribution in [0.15, 0.2) is 18.3 Å². The fraction of sp³-hybridized carbons (Fsp3) is 0.615. The van der Waals surface area contributed by atoms with E-state index in [0.717, 1.165) is 37.6 Å². The number of ether oxygens (including phenoxy) is 1. The number of hydrogen-bond acceptors (Lipinski definition) is 5. The standard InChI is InChI=1S/C13H22N2O.H2O3S2/c1-3-14-9-5-4-6-10-16-13-8-7-12(2)11-15-13;1-5(2,3)4/h7-8,11,14H,3-6,9-10H2,1-2H3;(H2,1,2,3,4). The van der Waals surface area contributed by atoms with Gasteiger partial charge in [0.1, 0.15) is 0 Å². The maximum atomic E-state index is 9.11. The van der Waals surface area contributed by atoms with Crippen molar-refractivity contribution in [3.8, 4) is 5.88 Å². The van der Waals surface area contributed by atoms with Crippen LogP contribution in [0, 0.1) is 6.92 Å². The summed E-state index contributed by atoms with van der Waals surface area (Å²) in [5, 5.41) is 3.31. The first-order chi connectivity index (χ1) is 9.83. The topological polar surface area (TPSA) is 91.7 Å². The first kappa shape index (κ1) is 20.2. The van der Waals surface area contributed by atoms with Crippen molar-refractivity contribution in [3.05, 3.63) is 23.9 Å². The molecular formula is C13H24N2O4S2. The van der Waals surface area contributed by atoms with Crippen LogP contribution in [0.2, 0.25) is 0 Å². The van der Waals surface area contributed by atoms with E-state index in [1.165, 1.54) is 12.8 Å². The molecule has 0 aliphatic carbocycles. The first-order valence-electron chi connectivity index (χ1n) is 6.79. The molecule has 1 aromatic heterocycles. The highest BCUT2D eigenvalue weighted by atomic mass is 32.9. The minimum atomic E-state index is -3.83. The van der Waals surface area contributed by atoms with Crippen molar-refractivity contribution < 1.29 is 18.1 Å². The van der Waals surface area contributed by atoms with E-state index >= 15 is 0 Å². The van der Waals surface area contributed by atoms with Gasteiger partial charge in [-0.3, -0.25) is 9.11 Å². The van der Waals surface area contributed by atoms with Crippen molar-refractivity contribution in [1.82, 2.24) is 10.3 Å². The highest BCUT2D eigenvalue weighted by molar-refractivity contribution is 8.26. The van der Waals surface area contributed by atoms with E-state index in [4.69, 9.17) is 18.1 Å². The second-order valence-corrected chi connectivity index (χ2v) is 6.58. The van der Waals surface area contributed by atoms with Gasteiger partial charge in [0.25, 0.3) is 9.05 Å². The van der Waals surface area contributed by atoms with Crippen molar-refractivity contribution >= 4 is 20.2 Å². The zero-order valence-electron chi connectivity index (χ0n) is 12.4. The summed E-state index contributed by atoms with van der Waals surface area (Å²) in [5.74, 6) is 0.734. The van der Waals surface area contributed by atoms with E-state index < -0.39 is 9.05 Å². The number of pyridine rings is 1. The van der Waals surface area contributed by atoms with Crippen LogP contribution in [-0.4, -0.2) is 38.0 Å². The molecule has 0 aliphatic heterocycles. The highest BCUT2D eigenvalue weighted by Gasteiger charge is 1.94. The Morgan fingerprint density at radius 1 is 1.33 bits per heavy atom. The second kappa shape index (κ2) is 11.8. The summed E-state index contributed by atoms with van der Waals surface area (Å²) in [7, 11) is -3.83. The van der Waals surface area contributed by atoms with Crippen molar-refractivity contribution in [3.63, 3.8) is 0 Å². The molecule has 0 aliphatic rings. The molecule has 0 spiro atoms. The molecule has 21 heavy (non-hydrogen) atoms. The molecule has 1 heterocycles. The lowest BCUT2D eigenvalue weighted by Gasteiger charge is -2.05. The Bertz CT molecular complexity index is 456. The Kier molecular flexibility index (Phi) is 11.4. The SMILES string of the molecule is CCNCCCCCOc1ccc(C)cn1.O=S(O)(O)=S. The lowest BCUT2D eigenvalue weighted by atomic mass is 10.2. The average molecular weight is 336 g/mol. The third kappa shape index (κ3) is 17.1. The van der Waals surface area contributed by atoms with Crippen LogP contribution < -0.4 is 10.1 Å². The molecule has 0 saturated carbocycles. The van der Waals surface area contributed by atoms with Gasteiger partial charge in [0, 0.05) is 23.5 Å². The smallest absolute Gasteiger partial charge is 0.263 e. The molecule has 6 nitrogen and oxygen atoms in total. The third-order valence-electron chi connectivity index (χ3n) is 2.38. The van der Waals surface area contributed by atoms with Gasteiger partial charge in [-0.15, -0.1) is 0 Å². The summed E-state index contributed by atoms with van der Waals surface area (Å²) in [6, 6.07) is 3.95. The van der Waals surface area contributed by atoms with Gasteiger partial charge in [0.05, 0.1) is 6.61 Å². The van der Waals surface area contributed by atoms with E-state index in [2.05, 4.69) is 28.4 Å². The summed E-state index contributed by atoms with van der Waals surface area (Å²) in [6.07, 6.45) is 5.36. The van der Waals surface area contributed by atoms with Gasteiger partial charge in [-0.1, -0.05) is 13.0 Å². The molecule has 1 aromatic rings. The predicted octanol–water partition coefficient (Wildman–Crippen LogP) is 2.23. The molecule has 0 radical (unpaired) electrons. The number of unbranched alkanes of at least 4 members (excludes halogenated alkanes) is 2.